The van der Waals surface area contributed by atoms with Crippen LogP contribution in [0.15, 0.2) is 54.9 Å². The summed E-state index contributed by atoms with van der Waals surface area (Å²) in [5, 5.41) is 5.33. The number of fused-ring (bicyclic) bond motifs is 2. The molecule has 0 radical (unpaired) electrons. The van der Waals surface area contributed by atoms with Gasteiger partial charge in [0.15, 0.2) is 0 Å². The van der Waals surface area contributed by atoms with E-state index in [9.17, 15) is 9.59 Å². The van der Waals surface area contributed by atoms with E-state index in [0.717, 1.165) is 44.7 Å². The first-order valence-electron chi connectivity index (χ1n) is 9.40. The van der Waals surface area contributed by atoms with Gasteiger partial charge in [0.05, 0.1) is 16.7 Å². The molecule has 29 heavy (non-hydrogen) atoms. The molecule has 144 valence electrons. The van der Waals surface area contributed by atoms with E-state index in [1.165, 1.54) is 5.56 Å². The molecule has 0 fully saturated rings. The van der Waals surface area contributed by atoms with Crippen molar-refractivity contribution in [1.29, 1.82) is 0 Å². The molecular weight excluding hydrogens is 430 g/mol. The molecule has 2 N–H and O–H groups in total. The second-order valence-electron chi connectivity index (χ2n) is 7.18. The number of alkyl halides is 1. The average molecular weight is 448 g/mol. The van der Waals surface area contributed by atoms with Crippen LogP contribution in [0, 0.1) is 0 Å². The standard InChI is InChI=1S/C23H18BrN3O2/c1-27-11-9-14-5-3-7-16(21(14)27)18-19(23(29)26-22(18)28)17-12-25-20-13(8-10-24)4-2-6-15(17)20/h2-7,9,11-12,25H,8,10H2,1H3,(H,26,28,29). The Bertz CT molecular complexity index is 1340. The minimum Gasteiger partial charge on any atom is -0.360 e. The molecule has 3 heterocycles. The van der Waals surface area contributed by atoms with E-state index >= 15 is 0 Å². The number of carbonyl (C=O) groups excluding carboxylic acids is 2. The first-order valence-corrected chi connectivity index (χ1v) is 10.5. The second-order valence-corrected chi connectivity index (χ2v) is 7.98. The van der Waals surface area contributed by atoms with Gasteiger partial charge in [0, 0.05) is 52.2 Å². The fourth-order valence-electron chi connectivity index (χ4n) is 4.26. The van der Waals surface area contributed by atoms with Crippen LogP contribution in [0.4, 0.5) is 0 Å². The molecule has 0 aliphatic carbocycles. The lowest BCUT2D eigenvalue weighted by Gasteiger charge is -2.08. The Morgan fingerprint density at radius 2 is 1.72 bits per heavy atom. The fourth-order valence-corrected chi connectivity index (χ4v) is 4.69. The molecule has 0 spiro atoms. The molecule has 0 bridgehead atoms. The Hall–Kier alpha value is -3.12. The maximum absolute atomic E-state index is 12.9. The molecule has 5 nitrogen and oxygen atoms in total. The molecule has 0 saturated heterocycles. The number of imide groups is 1. The van der Waals surface area contributed by atoms with Crippen LogP contribution in [0.2, 0.25) is 0 Å². The molecule has 0 saturated carbocycles. The third-order valence-electron chi connectivity index (χ3n) is 5.53. The molecule has 5 rings (SSSR count). The molecule has 2 amide bonds. The Kier molecular flexibility index (Phi) is 4.17. The van der Waals surface area contributed by atoms with Crippen LogP contribution in [0.5, 0.6) is 0 Å². The summed E-state index contributed by atoms with van der Waals surface area (Å²) in [6, 6.07) is 13.9. The lowest BCUT2D eigenvalue weighted by molar-refractivity contribution is -0.122. The molecule has 1 aliphatic rings. The number of aromatic amines is 1. The van der Waals surface area contributed by atoms with Gasteiger partial charge in [0.25, 0.3) is 11.8 Å². The number of hydrogen-bond acceptors (Lipinski definition) is 2. The third kappa shape index (κ3) is 2.67. The highest BCUT2D eigenvalue weighted by Crippen LogP contribution is 2.38. The van der Waals surface area contributed by atoms with E-state index in [1.807, 2.05) is 60.4 Å². The minimum atomic E-state index is -0.358. The second kappa shape index (κ2) is 6.74. The predicted octanol–water partition coefficient (Wildman–Crippen LogP) is 4.16. The van der Waals surface area contributed by atoms with E-state index in [-0.39, 0.29) is 11.8 Å². The summed E-state index contributed by atoms with van der Waals surface area (Å²) < 4.78 is 1.98. The van der Waals surface area contributed by atoms with Crippen molar-refractivity contribution in [3.8, 4) is 0 Å². The number of aryl methyl sites for hydroxylation is 2. The molecule has 0 unspecified atom stereocenters. The van der Waals surface area contributed by atoms with Crippen LogP contribution in [0.25, 0.3) is 33.0 Å². The van der Waals surface area contributed by atoms with Crippen molar-refractivity contribution in [2.24, 2.45) is 7.05 Å². The highest BCUT2D eigenvalue weighted by molar-refractivity contribution is 9.09. The van der Waals surface area contributed by atoms with E-state index < -0.39 is 0 Å². The largest absolute Gasteiger partial charge is 0.360 e. The zero-order valence-corrected chi connectivity index (χ0v) is 17.3. The number of carbonyl (C=O) groups is 2. The van der Waals surface area contributed by atoms with Gasteiger partial charge in [-0.05, 0) is 18.1 Å². The molecule has 6 heteroatoms. The number of benzene rings is 2. The van der Waals surface area contributed by atoms with Gasteiger partial charge in [0.2, 0.25) is 0 Å². The first-order chi connectivity index (χ1) is 14.1. The SMILES string of the molecule is Cn1ccc2cccc(C3=C(c4c[nH]c5c(CCBr)cccc45)C(=O)NC3=O)c21. The van der Waals surface area contributed by atoms with Crippen molar-refractivity contribution in [2.75, 3.05) is 5.33 Å². The summed E-state index contributed by atoms with van der Waals surface area (Å²) in [6.45, 7) is 0. The van der Waals surface area contributed by atoms with Crippen LogP contribution < -0.4 is 5.32 Å². The zero-order valence-electron chi connectivity index (χ0n) is 15.8. The maximum atomic E-state index is 12.9. The Morgan fingerprint density at radius 3 is 2.52 bits per heavy atom. The molecule has 4 aromatic rings. The van der Waals surface area contributed by atoms with Crippen LogP contribution in [0.3, 0.4) is 0 Å². The van der Waals surface area contributed by atoms with Gasteiger partial charge in [-0.2, -0.15) is 0 Å². The summed E-state index contributed by atoms with van der Waals surface area (Å²) in [5.41, 5.74) is 5.46. The van der Waals surface area contributed by atoms with Crippen molar-refractivity contribution >= 4 is 60.7 Å². The number of aromatic nitrogens is 2. The number of nitrogens with one attached hydrogen (secondary N) is 2. The van der Waals surface area contributed by atoms with Crippen molar-refractivity contribution in [1.82, 2.24) is 14.9 Å². The normalized spacial score (nSPS) is 14.4. The summed E-state index contributed by atoms with van der Waals surface area (Å²) in [6.07, 6.45) is 4.67. The lowest BCUT2D eigenvalue weighted by Crippen LogP contribution is -2.22. The van der Waals surface area contributed by atoms with Gasteiger partial charge >= 0.3 is 0 Å². The van der Waals surface area contributed by atoms with Gasteiger partial charge < -0.3 is 9.55 Å². The highest BCUT2D eigenvalue weighted by Gasteiger charge is 2.34. The van der Waals surface area contributed by atoms with E-state index in [0.29, 0.717) is 11.1 Å². The monoisotopic (exact) mass is 447 g/mol. The minimum absolute atomic E-state index is 0.357. The zero-order chi connectivity index (χ0) is 20.1. The lowest BCUT2D eigenvalue weighted by atomic mass is 9.94. The summed E-state index contributed by atoms with van der Waals surface area (Å²) in [5.74, 6) is -0.715. The molecule has 0 atom stereocenters. The van der Waals surface area contributed by atoms with Gasteiger partial charge in [0.1, 0.15) is 0 Å². The summed E-state index contributed by atoms with van der Waals surface area (Å²) >= 11 is 3.49. The smallest absolute Gasteiger partial charge is 0.259 e. The van der Waals surface area contributed by atoms with E-state index in [1.54, 1.807) is 0 Å². The van der Waals surface area contributed by atoms with Crippen molar-refractivity contribution in [2.45, 2.75) is 6.42 Å². The van der Waals surface area contributed by atoms with Crippen LogP contribution >= 0.6 is 15.9 Å². The number of amides is 2. The third-order valence-corrected chi connectivity index (χ3v) is 5.93. The number of nitrogens with zero attached hydrogens (tertiary/aromatic N) is 1. The van der Waals surface area contributed by atoms with Gasteiger partial charge in [-0.15, -0.1) is 0 Å². The summed E-state index contributed by atoms with van der Waals surface area (Å²) in [4.78, 5) is 29.0. The number of para-hydroxylation sites is 2. The van der Waals surface area contributed by atoms with Crippen molar-refractivity contribution in [3.05, 3.63) is 71.5 Å². The predicted molar refractivity (Wildman–Crippen MR) is 119 cm³/mol. The van der Waals surface area contributed by atoms with Crippen molar-refractivity contribution < 1.29 is 9.59 Å². The molecular formula is C23H18BrN3O2. The Morgan fingerprint density at radius 1 is 0.966 bits per heavy atom. The molecule has 1 aliphatic heterocycles. The molecule has 2 aromatic carbocycles. The number of H-pyrrole nitrogens is 1. The Balaban J connectivity index is 1.82. The topological polar surface area (TPSA) is 66.9 Å². The van der Waals surface area contributed by atoms with Gasteiger partial charge in [-0.3, -0.25) is 14.9 Å². The Labute approximate surface area is 175 Å². The van der Waals surface area contributed by atoms with Crippen LogP contribution in [-0.4, -0.2) is 26.7 Å². The number of rotatable bonds is 4. The maximum Gasteiger partial charge on any atom is 0.259 e. The first kappa shape index (κ1) is 17.9. The van der Waals surface area contributed by atoms with Gasteiger partial charge in [-0.25, -0.2) is 0 Å². The highest BCUT2D eigenvalue weighted by atomic mass is 79.9. The number of halogens is 1. The van der Waals surface area contributed by atoms with Crippen molar-refractivity contribution in [3.63, 3.8) is 0 Å². The van der Waals surface area contributed by atoms with Gasteiger partial charge in [-0.1, -0.05) is 52.3 Å². The van der Waals surface area contributed by atoms with Crippen LogP contribution in [0.1, 0.15) is 16.7 Å². The summed E-state index contributed by atoms with van der Waals surface area (Å²) in [7, 11) is 1.94. The van der Waals surface area contributed by atoms with E-state index in [4.69, 9.17) is 0 Å². The number of hydrogen-bond donors (Lipinski definition) is 2. The average Bonchev–Trinajstić information content (AvgIpc) is 3.38. The molecule has 2 aromatic heterocycles. The van der Waals surface area contributed by atoms with Crippen LogP contribution in [-0.2, 0) is 23.1 Å². The quantitative estimate of drug-likeness (QED) is 0.364. The van der Waals surface area contributed by atoms with E-state index in [2.05, 4.69) is 32.3 Å². The fraction of sp³-hybridized carbons (Fsp3) is 0.130.